The molecule has 2 saturated heterocycles. The number of imide groups is 1. The molecular weight excluding hydrogens is 282 g/mol. The van der Waals surface area contributed by atoms with Gasteiger partial charge in [0.1, 0.15) is 5.54 Å². The summed E-state index contributed by atoms with van der Waals surface area (Å²) >= 11 is 0. The van der Waals surface area contributed by atoms with E-state index in [1.165, 1.54) is 0 Å². The molecule has 2 heterocycles. The van der Waals surface area contributed by atoms with Gasteiger partial charge < -0.3 is 10.2 Å². The van der Waals surface area contributed by atoms with Gasteiger partial charge in [-0.25, -0.2) is 4.79 Å². The van der Waals surface area contributed by atoms with E-state index >= 15 is 0 Å². The minimum atomic E-state index is -0.837. The largest absolute Gasteiger partial charge is 0.338 e. The molecule has 0 radical (unpaired) electrons. The number of piperidine rings is 1. The average Bonchev–Trinajstić information content (AvgIpc) is 2.72. The molecule has 1 spiro atoms. The van der Waals surface area contributed by atoms with Gasteiger partial charge >= 0.3 is 6.03 Å². The summed E-state index contributed by atoms with van der Waals surface area (Å²) in [6.45, 7) is 4.85. The van der Waals surface area contributed by atoms with Gasteiger partial charge in [-0.3, -0.25) is 14.9 Å². The molecule has 2 N–H and O–H groups in total. The molecule has 0 aliphatic carbocycles. The minimum Gasteiger partial charge on any atom is -0.338 e. The smallest absolute Gasteiger partial charge is 0.322 e. The van der Waals surface area contributed by atoms with Gasteiger partial charge in [-0.05, 0) is 38.8 Å². The predicted octanol–water partition coefficient (Wildman–Crippen LogP) is 1.12. The van der Waals surface area contributed by atoms with Gasteiger partial charge in [0.15, 0.2) is 0 Å². The second-order valence-electron chi connectivity index (χ2n) is 6.16. The molecule has 0 atom stereocenters. The molecule has 2 aliphatic rings. The van der Waals surface area contributed by atoms with Crippen molar-refractivity contribution in [2.75, 3.05) is 13.1 Å². The Labute approximate surface area is 128 Å². The lowest BCUT2D eigenvalue weighted by Gasteiger charge is -2.37. The topological polar surface area (TPSA) is 78.5 Å². The maximum Gasteiger partial charge on any atom is 0.322 e. The lowest BCUT2D eigenvalue weighted by molar-refractivity contribution is -0.125. The summed E-state index contributed by atoms with van der Waals surface area (Å²) in [5, 5.41) is 4.97. The number of urea groups is 1. The van der Waals surface area contributed by atoms with Gasteiger partial charge in [-0.2, -0.15) is 0 Å². The van der Waals surface area contributed by atoms with Crippen LogP contribution in [0, 0.1) is 13.8 Å². The molecule has 0 saturated carbocycles. The molecule has 1 aromatic rings. The molecule has 4 amide bonds. The molecule has 0 unspecified atom stereocenters. The van der Waals surface area contributed by atoms with Crippen LogP contribution in [0.1, 0.15) is 34.3 Å². The number of carbonyl (C=O) groups is 3. The standard InChI is InChI=1S/C16H19N3O3/c1-10-7-11(2)9-12(8-10)13(20)19-5-3-16(4-6-19)14(21)17-15(22)18-16/h7-9H,3-6H2,1-2H3,(H2,17,18,21,22). The average molecular weight is 301 g/mol. The maximum atomic E-state index is 12.6. The van der Waals surface area contributed by atoms with Gasteiger partial charge in [-0.1, -0.05) is 17.2 Å². The van der Waals surface area contributed by atoms with Gasteiger partial charge in [-0.15, -0.1) is 0 Å². The monoisotopic (exact) mass is 301 g/mol. The summed E-state index contributed by atoms with van der Waals surface area (Å²) in [7, 11) is 0. The second-order valence-corrected chi connectivity index (χ2v) is 6.16. The molecule has 1 aromatic carbocycles. The molecular formula is C16H19N3O3. The molecule has 6 nitrogen and oxygen atoms in total. The fourth-order valence-electron chi connectivity index (χ4n) is 3.25. The lowest BCUT2D eigenvalue weighted by Crippen LogP contribution is -2.55. The first kappa shape index (κ1) is 14.6. The van der Waals surface area contributed by atoms with Crippen LogP contribution in [0.3, 0.4) is 0 Å². The number of amides is 4. The Balaban J connectivity index is 1.72. The van der Waals surface area contributed by atoms with Crippen LogP contribution in [0.15, 0.2) is 18.2 Å². The number of rotatable bonds is 1. The lowest BCUT2D eigenvalue weighted by atomic mass is 9.87. The van der Waals surface area contributed by atoms with Crippen molar-refractivity contribution < 1.29 is 14.4 Å². The van der Waals surface area contributed by atoms with Crippen LogP contribution in [0.4, 0.5) is 4.79 Å². The Morgan fingerprint density at radius 1 is 1.09 bits per heavy atom. The van der Waals surface area contributed by atoms with Gasteiger partial charge in [0.05, 0.1) is 0 Å². The summed E-state index contributed by atoms with van der Waals surface area (Å²) < 4.78 is 0. The van der Waals surface area contributed by atoms with E-state index in [9.17, 15) is 14.4 Å². The summed E-state index contributed by atoms with van der Waals surface area (Å²) in [5.41, 5.74) is 1.95. The van der Waals surface area contributed by atoms with Crippen molar-refractivity contribution in [2.24, 2.45) is 0 Å². The minimum absolute atomic E-state index is 0.0219. The number of likely N-dealkylation sites (tertiary alicyclic amines) is 1. The van der Waals surface area contributed by atoms with Crippen LogP contribution in [-0.2, 0) is 4.79 Å². The van der Waals surface area contributed by atoms with E-state index in [0.717, 1.165) is 11.1 Å². The third-order valence-corrected chi connectivity index (χ3v) is 4.39. The van der Waals surface area contributed by atoms with Crippen molar-refractivity contribution in [3.8, 4) is 0 Å². The normalized spacial score (nSPS) is 20.0. The van der Waals surface area contributed by atoms with Gasteiger partial charge in [0, 0.05) is 18.7 Å². The third kappa shape index (κ3) is 2.45. The Bertz CT molecular complexity index is 640. The fraction of sp³-hybridized carbons (Fsp3) is 0.438. The molecule has 2 aliphatic heterocycles. The molecule has 116 valence electrons. The van der Waals surface area contributed by atoms with Gasteiger partial charge in [0.2, 0.25) is 0 Å². The highest BCUT2D eigenvalue weighted by atomic mass is 16.2. The second kappa shape index (κ2) is 5.12. The molecule has 0 aromatic heterocycles. The van der Waals surface area contributed by atoms with E-state index in [-0.39, 0.29) is 11.8 Å². The molecule has 3 rings (SSSR count). The molecule has 6 heteroatoms. The van der Waals surface area contributed by atoms with E-state index in [0.29, 0.717) is 31.5 Å². The Morgan fingerprint density at radius 2 is 1.68 bits per heavy atom. The zero-order valence-corrected chi connectivity index (χ0v) is 12.7. The predicted molar refractivity (Wildman–Crippen MR) is 80.5 cm³/mol. The SMILES string of the molecule is Cc1cc(C)cc(C(=O)N2CCC3(CC2)NC(=O)NC3=O)c1. The van der Waals surface area contributed by atoms with Crippen molar-refractivity contribution in [1.82, 2.24) is 15.5 Å². The number of nitrogens with one attached hydrogen (secondary N) is 2. The molecule has 22 heavy (non-hydrogen) atoms. The first-order valence-electron chi connectivity index (χ1n) is 7.41. The van der Waals surface area contributed by atoms with Crippen LogP contribution < -0.4 is 10.6 Å². The highest BCUT2D eigenvalue weighted by Gasteiger charge is 2.48. The first-order chi connectivity index (χ1) is 10.4. The van der Waals surface area contributed by atoms with Crippen LogP contribution >= 0.6 is 0 Å². The van der Waals surface area contributed by atoms with E-state index in [1.54, 1.807) is 4.90 Å². The van der Waals surface area contributed by atoms with Crippen LogP contribution in [0.25, 0.3) is 0 Å². The Kier molecular flexibility index (Phi) is 3.39. The zero-order valence-electron chi connectivity index (χ0n) is 12.7. The highest BCUT2D eigenvalue weighted by molar-refractivity contribution is 6.07. The first-order valence-corrected chi connectivity index (χ1v) is 7.41. The fourth-order valence-corrected chi connectivity index (χ4v) is 3.25. The quantitative estimate of drug-likeness (QED) is 0.763. The Morgan fingerprint density at radius 3 is 2.18 bits per heavy atom. The number of benzene rings is 1. The molecule has 2 fully saturated rings. The van der Waals surface area contributed by atoms with E-state index < -0.39 is 11.6 Å². The summed E-state index contributed by atoms with van der Waals surface area (Å²) in [6, 6.07) is 5.34. The number of carbonyl (C=O) groups excluding carboxylic acids is 3. The van der Waals surface area contributed by atoms with E-state index in [4.69, 9.17) is 0 Å². The van der Waals surface area contributed by atoms with Crippen molar-refractivity contribution >= 4 is 17.8 Å². The van der Waals surface area contributed by atoms with Crippen molar-refractivity contribution in [3.05, 3.63) is 34.9 Å². The number of hydrogen-bond donors (Lipinski definition) is 2. The summed E-state index contributed by atoms with van der Waals surface area (Å²) in [4.78, 5) is 37.6. The van der Waals surface area contributed by atoms with Crippen molar-refractivity contribution in [2.45, 2.75) is 32.2 Å². The summed E-state index contributed by atoms with van der Waals surface area (Å²) in [6.07, 6.45) is 0.891. The van der Waals surface area contributed by atoms with E-state index in [2.05, 4.69) is 10.6 Å². The van der Waals surface area contributed by atoms with Crippen LogP contribution in [0.2, 0.25) is 0 Å². The number of hydrogen-bond acceptors (Lipinski definition) is 3. The third-order valence-electron chi connectivity index (χ3n) is 4.39. The number of nitrogens with zero attached hydrogens (tertiary/aromatic N) is 1. The van der Waals surface area contributed by atoms with Crippen LogP contribution in [-0.4, -0.2) is 41.4 Å². The molecule has 0 bridgehead atoms. The highest BCUT2D eigenvalue weighted by Crippen LogP contribution is 2.26. The Hall–Kier alpha value is -2.37. The van der Waals surface area contributed by atoms with E-state index in [1.807, 2.05) is 32.0 Å². The number of aryl methyl sites for hydroxylation is 2. The van der Waals surface area contributed by atoms with Crippen molar-refractivity contribution in [3.63, 3.8) is 0 Å². The van der Waals surface area contributed by atoms with Crippen LogP contribution in [0.5, 0.6) is 0 Å². The zero-order chi connectivity index (χ0) is 15.9. The maximum absolute atomic E-state index is 12.6. The summed E-state index contributed by atoms with van der Waals surface area (Å²) in [5.74, 6) is -0.303. The van der Waals surface area contributed by atoms with Gasteiger partial charge in [0.25, 0.3) is 11.8 Å². The van der Waals surface area contributed by atoms with Crippen molar-refractivity contribution in [1.29, 1.82) is 0 Å².